The number of rotatable bonds is 6. The molecule has 3 nitrogen and oxygen atoms in total. The summed E-state index contributed by atoms with van der Waals surface area (Å²) >= 11 is 0. The predicted octanol–water partition coefficient (Wildman–Crippen LogP) is 1.88. The molecule has 0 amide bonds. The van der Waals surface area contributed by atoms with Crippen molar-refractivity contribution in [2.24, 2.45) is 0 Å². The average molecular weight is 228 g/mol. The molecule has 0 saturated carbocycles. The van der Waals surface area contributed by atoms with E-state index in [-0.39, 0.29) is 0 Å². The van der Waals surface area contributed by atoms with E-state index in [0.717, 1.165) is 32.8 Å². The van der Waals surface area contributed by atoms with Crippen molar-refractivity contribution in [2.45, 2.75) is 52.2 Å². The Bertz CT molecular complexity index is 192. The highest BCUT2D eigenvalue weighted by Gasteiger charge is 2.31. The molecule has 0 radical (unpaired) electrons. The molecule has 1 N–H and O–H groups in total. The van der Waals surface area contributed by atoms with Crippen LogP contribution in [0.15, 0.2) is 0 Å². The molecule has 3 heteroatoms. The van der Waals surface area contributed by atoms with Gasteiger partial charge in [0, 0.05) is 38.3 Å². The lowest BCUT2D eigenvalue weighted by molar-refractivity contribution is 0.0256. The lowest BCUT2D eigenvalue weighted by Crippen LogP contribution is -2.60. The number of ether oxygens (including phenoxy) is 1. The maximum Gasteiger partial charge on any atom is 0.0673 e. The minimum absolute atomic E-state index is 0.337. The maximum atomic E-state index is 5.62. The molecule has 0 aromatic rings. The van der Waals surface area contributed by atoms with Crippen LogP contribution in [0.3, 0.4) is 0 Å². The topological polar surface area (TPSA) is 24.5 Å². The molecule has 1 saturated heterocycles. The second-order valence-electron chi connectivity index (χ2n) is 4.92. The third-order valence-electron chi connectivity index (χ3n) is 3.77. The third-order valence-corrected chi connectivity index (χ3v) is 3.77. The summed E-state index contributed by atoms with van der Waals surface area (Å²) in [6.45, 7) is 14.1. The lowest BCUT2D eigenvalue weighted by atomic mass is 9.90. The number of hydrogen-bond donors (Lipinski definition) is 1. The summed E-state index contributed by atoms with van der Waals surface area (Å²) in [6.07, 6.45) is 2.78. The van der Waals surface area contributed by atoms with Crippen molar-refractivity contribution < 1.29 is 4.74 Å². The summed E-state index contributed by atoms with van der Waals surface area (Å²) in [6, 6.07) is 0. The van der Waals surface area contributed by atoms with Crippen LogP contribution in [0.4, 0.5) is 0 Å². The molecular formula is C13H28N2O. The molecule has 0 aromatic carbocycles. The Morgan fingerprint density at radius 1 is 1.31 bits per heavy atom. The fourth-order valence-electron chi connectivity index (χ4n) is 2.62. The van der Waals surface area contributed by atoms with Crippen molar-refractivity contribution in [3.05, 3.63) is 0 Å². The standard InChI is InChI=1S/C13H28N2O/c1-5-13(6-2)11-15(9-8-14-13)10-12(4)16-7-3/h12,14H,5-11H2,1-4H3. The average Bonchev–Trinajstić information content (AvgIpc) is 2.29. The smallest absolute Gasteiger partial charge is 0.0673 e. The van der Waals surface area contributed by atoms with E-state index in [9.17, 15) is 0 Å². The van der Waals surface area contributed by atoms with Crippen LogP contribution in [-0.2, 0) is 4.74 Å². The first-order valence-corrected chi connectivity index (χ1v) is 6.74. The summed E-state index contributed by atoms with van der Waals surface area (Å²) in [5.41, 5.74) is 0.337. The first-order valence-electron chi connectivity index (χ1n) is 6.74. The van der Waals surface area contributed by atoms with Gasteiger partial charge >= 0.3 is 0 Å². The first kappa shape index (κ1) is 13.9. The summed E-state index contributed by atoms with van der Waals surface area (Å²) in [7, 11) is 0. The Kier molecular flexibility index (Phi) is 5.73. The van der Waals surface area contributed by atoms with Gasteiger partial charge in [0.05, 0.1) is 6.10 Å². The Morgan fingerprint density at radius 2 is 2.00 bits per heavy atom. The largest absolute Gasteiger partial charge is 0.377 e. The highest BCUT2D eigenvalue weighted by atomic mass is 16.5. The van der Waals surface area contributed by atoms with Gasteiger partial charge in [-0.05, 0) is 26.7 Å². The summed E-state index contributed by atoms with van der Waals surface area (Å²) in [5.74, 6) is 0. The van der Waals surface area contributed by atoms with Crippen LogP contribution in [0, 0.1) is 0 Å². The van der Waals surface area contributed by atoms with Gasteiger partial charge in [-0.1, -0.05) is 13.8 Å². The van der Waals surface area contributed by atoms with Crippen LogP contribution in [-0.4, -0.2) is 49.3 Å². The van der Waals surface area contributed by atoms with Gasteiger partial charge in [0.2, 0.25) is 0 Å². The van der Waals surface area contributed by atoms with Crippen molar-refractivity contribution >= 4 is 0 Å². The molecule has 0 bridgehead atoms. The van der Waals surface area contributed by atoms with Crippen molar-refractivity contribution in [3.8, 4) is 0 Å². The van der Waals surface area contributed by atoms with Crippen molar-refractivity contribution in [1.82, 2.24) is 10.2 Å². The van der Waals surface area contributed by atoms with E-state index < -0.39 is 0 Å². The van der Waals surface area contributed by atoms with E-state index in [4.69, 9.17) is 4.74 Å². The number of nitrogens with zero attached hydrogens (tertiary/aromatic N) is 1. The van der Waals surface area contributed by atoms with Crippen LogP contribution < -0.4 is 5.32 Å². The molecule has 1 rings (SSSR count). The van der Waals surface area contributed by atoms with E-state index in [1.54, 1.807) is 0 Å². The van der Waals surface area contributed by atoms with Gasteiger partial charge in [0.25, 0.3) is 0 Å². The molecule has 1 aliphatic rings. The number of piperazine rings is 1. The van der Waals surface area contributed by atoms with E-state index >= 15 is 0 Å². The van der Waals surface area contributed by atoms with E-state index in [1.807, 2.05) is 0 Å². The van der Waals surface area contributed by atoms with E-state index in [0.29, 0.717) is 11.6 Å². The van der Waals surface area contributed by atoms with Gasteiger partial charge in [-0.15, -0.1) is 0 Å². The number of hydrogen-bond acceptors (Lipinski definition) is 3. The molecule has 0 aromatic heterocycles. The zero-order valence-electron chi connectivity index (χ0n) is 11.4. The number of nitrogens with one attached hydrogen (secondary N) is 1. The summed E-state index contributed by atoms with van der Waals surface area (Å²) in [5, 5.41) is 3.68. The highest BCUT2D eigenvalue weighted by Crippen LogP contribution is 2.20. The predicted molar refractivity (Wildman–Crippen MR) is 68.8 cm³/mol. The zero-order valence-corrected chi connectivity index (χ0v) is 11.4. The summed E-state index contributed by atoms with van der Waals surface area (Å²) < 4.78 is 5.62. The fourth-order valence-corrected chi connectivity index (χ4v) is 2.62. The minimum atomic E-state index is 0.337. The molecular weight excluding hydrogens is 200 g/mol. The lowest BCUT2D eigenvalue weighted by Gasteiger charge is -2.43. The Balaban J connectivity index is 2.43. The normalized spacial score (nSPS) is 23.2. The van der Waals surface area contributed by atoms with Crippen LogP contribution in [0.5, 0.6) is 0 Å². The van der Waals surface area contributed by atoms with Crippen molar-refractivity contribution in [1.29, 1.82) is 0 Å². The third kappa shape index (κ3) is 3.72. The molecule has 0 spiro atoms. The second kappa shape index (κ2) is 6.58. The zero-order chi connectivity index (χ0) is 12.0. The van der Waals surface area contributed by atoms with Crippen LogP contribution >= 0.6 is 0 Å². The maximum absolute atomic E-state index is 5.62. The van der Waals surface area contributed by atoms with Crippen LogP contribution in [0.2, 0.25) is 0 Å². The summed E-state index contributed by atoms with van der Waals surface area (Å²) in [4.78, 5) is 2.55. The first-order chi connectivity index (χ1) is 7.65. The second-order valence-corrected chi connectivity index (χ2v) is 4.92. The SMILES string of the molecule is CCOC(C)CN1CCNC(CC)(CC)C1. The van der Waals surface area contributed by atoms with Gasteiger partial charge in [-0.2, -0.15) is 0 Å². The van der Waals surface area contributed by atoms with Crippen molar-refractivity contribution in [3.63, 3.8) is 0 Å². The Hall–Kier alpha value is -0.120. The van der Waals surface area contributed by atoms with E-state index in [2.05, 4.69) is 37.9 Å². The van der Waals surface area contributed by atoms with Crippen LogP contribution in [0.25, 0.3) is 0 Å². The quantitative estimate of drug-likeness (QED) is 0.751. The molecule has 0 aliphatic carbocycles. The molecule has 16 heavy (non-hydrogen) atoms. The van der Waals surface area contributed by atoms with Gasteiger partial charge in [-0.25, -0.2) is 0 Å². The highest BCUT2D eigenvalue weighted by molar-refractivity contribution is 4.92. The molecule has 96 valence electrons. The molecule has 1 fully saturated rings. The Labute approximate surface area is 101 Å². The Morgan fingerprint density at radius 3 is 2.56 bits per heavy atom. The molecule has 1 atom stereocenters. The van der Waals surface area contributed by atoms with Crippen LogP contribution in [0.1, 0.15) is 40.5 Å². The van der Waals surface area contributed by atoms with Gasteiger partial charge in [0.15, 0.2) is 0 Å². The van der Waals surface area contributed by atoms with Crippen molar-refractivity contribution in [2.75, 3.05) is 32.8 Å². The van der Waals surface area contributed by atoms with Gasteiger partial charge < -0.3 is 10.1 Å². The molecule has 1 heterocycles. The molecule has 1 aliphatic heterocycles. The van der Waals surface area contributed by atoms with Gasteiger partial charge in [-0.3, -0.25) is 4.90 Å². The van der Waals surface area contributed by atoms with Gasteiger partial charge in [0.1, 0.15) is 0 Å². The van der Waals surface area contributed by atoms with E-state index in [1.165, 1.54) is 12.8 Å². The monoisotopic (exact) mass is 228 g/mol. The molecule has 1 unspecified atom stereocenters. The fraction of sp³-hybridized carbons (Fsp3) is 1.00. The minimum Gasteiger partial charge on any atom is -0.377 e.